The molecule has 4 aromatic carbocycles. The fraction of sp³-hybridized carbons (Fsp3) is 0.353. The lowest BCUT2D eigenvalue weighted by Gasteiger charge is -2.09. The smallest absolute Gasteiger partial charge is 0.0352 e. The Morgan fingerprint density at radius 2 is 0.778 bits per heavy atom. The van der Waals surface area contributed by atoms with Gasteiger partial charge in [0.25, 0.3) is 0 Å². The van der Waals surface area contributed by atoms with Crippen LogP contribution in [0.2, 0.25) is 0 Å². The standard InChI is InChI=1S/C34H36S2/c1-3-5-7-9-11-23-21-31-29-15-13-26-25(27(29)17-19-33(31)35-23)14-16-30-28(26)18-20-34-32(30)22-24(36-34)12-10-8-6-4-2/h13-22H,3-12H2,1-2H3. The Morgan fingerprint density at radius 1 is 0.417 bits per heavy atom. The molecular weight excluding hydrogens is 473 g/mol. The first-order chi connectivity index (χ1) is 17.8. The van der Waals surface area contributed by atoms with E-state index in [1.165, 1.54) is 126 Å². The molecule has 0 saturated carbocycles. The highest BCUT2D eigenvalue weighted by Gasteiger charge is 2.12. The van der Waals surface area contributed by atoms with E-state index in [9.17, 15) is 0 Å². The Balaban J connectivity index is 1.39. The van der Waals surface area contributed by atoms with Crippen molar-refractivity contribution >= 4 is 75.2 Å². The van der Waals surface area contributed by atoms with Crippen LogP contribution in [0.15, 0.2) is 60.7 Å². The molecule has 184 valence electrons. The highest BCUT2D eigenvalue weighted by atomic mass is 32.1. The van der Waals surface area contributed by atoms with Crippen LogP contribution in [0.4, 0.5) is 0 Å². The normalized spacial score (nSPS) is 12.2. The molecule has 6 rings (SSSR count). The van der Waals surface area contributed by atoms with E-state index in [1.807, 2.05) is 22.7 Å². The predicted octanol–water partition coefficient (Wildman–Crippen LogP) is 11.8. The second kappa shape index (κ2) is 10.5. The minimum Gasteiger partial charge on any atom is -0.140 e. The number of hydrogen-bond acceptors (Lipinski definition) is 2. The Hall–Kier alpha value is -2.42. The van der Waals surface area contributed by atoms with E-state index in [0.717, 1.165) is 0 Å². The van der Waals surface area contributed by atoms with E-state index < -0.39 is 0 Å². The van der Waals surface area contributed by atoms with Crippen molar-refractivity contribution in [3.63, 3.8) is 0 Å². The predicted molar refractivity (Wildman–Crippen MR) is 165 cm³/mol. The number of thiophene rings is 2. The molecule has 0 amide bonds. The van der Waals surface area contributed by atoms with Crippen molar-refractivity contribution in [1.29, 1.82) is 0 Å². The SMILES string of the molecule is CCCCCCc1cc2c(ccc3c2ccc2c4ccc5sc(CCCCCC)cc5c4ccc32)s1. The quantitative estimate of drug-likeness (QED) is 0.127. The van der Waals surface area contributed by atoms with Crippen molar-refractivity contribution in [2.45, 2.75) is 78.1 Å². The summed E-state index contributed by atoms with van der Waals surface area (Å²) in [6, 6.07) is 23.9. The van der Waals surface area contributed by atoms with Crippen LogP contribution >= 0.6 is 22.7 Å². The molecule has 0 aliphatic rings. The van der Waals surface area contributed by atoms with Crippen molar-refractivity contribution in [1.82, 2.24) is 0 Å². The molecule has 0 radical (unpaired) electrons. The van der Waals surface area contributed by atoms with Gasteiger partial charge in [-0.1, -0.05) is 88.8 Å². The zero-order valence-electron chi connectivity index (χ0n) is 21.7. The van der Waals surface area contributed by atoms with Gasteiger partial charge in [0.15, 0.2) is 0 Å². The van der Waals surface area contributed by atoms with Gasteiger partial charge >= 0.3 is 0 Å². The second-order valence-electron chi connectivity index (χ2n) is 10.4. The molecule has 0 N–H and O–H groups in total. The Kier molecular flexibility index (Phi) is 7.00. The maximum atomic E-state index is 2.47. The van der Waals surface area contributed by atoms with Crippen LogP contribution in [-0.2, 0) is 12.8 Å². The molecule has 0 atom stereocenters. The van der Waals surface area contributed by atoms with E-state index in [1.54, 1.807) is 0 Å². The molecule has 0 aliphatic carbocycles. The summed E-state index contributed by atoms with van der Waals surface area (Å²) in [7, 11) is 0. The third-order valence-corrected chi connectivity index (χ3v) is 10.2. The number of rotatable bonds is 10. The third-order valence-electron chi connectivity index (χ3n) is 7.84. The van der Waals surface area contributed by atoms with Crippen LogP contribution < -0.4 is 0 Å². The number of fused-ring (bicyclic) bond motifs is 9. The van der Waals surface area contributed by atoms with Gasteiger partial charge in [0.2, 0.25) is 0 Å². The molecule has 0 aliphatic heterocycles. The fourth-order valence-electron chi connectivity index (χ4n) is 5.88. The molecule has 2 heteroatoms. The van der Waals surface area contributed by atoms with Gasteiger partial charge in [-0.2, -0.15) is 0 Å². The Bertz CT molecular complexity index is 1540. The fourth-order valence-corrected chi connectivity index (χ4v) is 8.12. The topological polar surface area (TPSA) is 0 Å². The first-order valence-electron chi connectivity index (χ1n) is 14.0. The van der Waals surface area contributed by atoms with Gasteiger partial charge in [0.05, 0.1) is 0 Å². The van der Waals surface area contributed by atoms with E-state index in [-0.39, 0.29) is 0 Å². The molecule has 2 aromatic heterocycles. The van der Waals surface area contributed by atoms with Gasteiger partial charge in [-0.15, -0.1) is 22.7 Å². The molecule has 0 unspecified atom stereocenters. The second-order valence-corrected chi connectivity index (χ2v) is 12.8. The summed E-state index contributed by atoms with van der Waals surface area (Å²) in [4.78, 5) is 3.08. The molecule has 0 fully saturated rings. The number of aryl methyl sites for hydroxylation is 2. The molecule has 2 heterocycles. The monoisotopic (exact) mass is 508 g/mol. The Labute approximate surface area is 222 Å². The molecule has 0 bridgehead atoms. The maximum absolute atomic E-state index is 2.47. The van der Waals surface area contributed by atoms with Crippen LogP contribution in [0, 0.1) is 0 Å². The van der Waals surface area contributed by atoms with Crippen molar-refractivity contribution in [3.8, 4) is 0 Å². The molecular formula is C34H36S2. The van der Waals surface area contributed by atoms with Crippen molar-refractivity contribution in [3.05, 3.63) is 70.4 Å². The average Bonchev–Trinajstić information content (AvgIpc) is 3.52. The Morgan fingerprint density at radius 3 is 1.17 bits per heavy atom. The van der Waals surface area contributed by atoms with Crippen molar-refractivity contribution in [2.24, 2.45) is 0 Å². The van der Waals surface area contributed by atoms with E-state index in [2.05, 4.69) is 74.5 Å². The summed E-state index contributed by atoms with van der Waals surface area (Å²) in [5, 5.41) is 11.2. The van der Waals surface area contributed by atoms with E-state index >= 15 is 0 Å². The van der Waals surface area contributed by atoms with Crippen LogP contribution in [0.25, 0.3) is 52.5 Å². The molecule has 0 spiro atoms. The summed E-state index contributed by atoms with van der Waals surface area (Å²) >= 11 is 3.98. The first-order valence-corrected chi connectivity index (χ1v) is 15.6. The van der Waals surface area contributed by atoms with E-state index in [0.29, 0.717) is 0 Å². The van der Waals surface area contributed by atoms with Gasteiger partial charge in [-0.3, -0.25) is 0 Å². The zero-order valence-corrected chi connectivity index (χ0v) is 23.3. The van der Waals surface area contributed by atoms with Crippen LogP contribution in [0.1, 0.15) is 75.0 Å². The molecule has 6 aromatic rings. The number of unbranched alkanes of at least 4 members (excludes halogenated alkanes) is 6. The lowest BCUT2D eigenvalue weighted by Crippen LogP contribution is -1.82. The largest absolute Gasteiger partial charge is 0.140 e. The lowest BCUT2D eigenvalue weighted by atomic mass is 9.94. The summed E-state index contributed by atoms with van der Waals surface area (Å²) < 4.78 is 2.86. The lowest BCUT2D eigenvalue weighted by molar-refractivity contribution is 0.670. The first kappa shape index (κ1) is 23.9. The van der Waals surface area contributed by atoms with Crippen LogP contribution in [0.5, 0.6) is 0 Å². The van der Waals surface area contributed by atoms with Crippen molar-refractivity contribution < 1.29 is 0 Å². The molecule has 0 nitrogen and oxygen atoms in total. The summed E-state index contributed by atoms with van der Waals surface area (Å²) in [6.07, 6.45) is 13.1. The van der Waals surface area contributed by atoms with Gasteiger partial charge in [-0.05, 0) is 82.3 Å². The number of benzene rings is 4. The van der Waals surface area contributed by atoms with Gasteiger partial charge < -0.3 is 0 Å². The van der Waals surface area contributed by atoms with Gasteiger partial charge in [0.1, 0.15) is 0 Å². The van der Waals surface area contributed by atoms with Crippen LogP contribution in [0.3, 0.4) is 0 Å². The summed E-state index contributed by atoms with van der Waals surface area (Å²) in [5.41, 5.74) is 0. The summed E-state index contributed by atoms with van der Waals surface area (Å²) in [5.74, 6) is 0. The third kappa shape index (κ3) is 4.44. The highest BCUT2D eigenvalue weighted by Crippen LogP contribution is 2.40. The maximum Gasteiger partial charge on any atom is 0.0352 e. The number of hydrogen-bond donors (Lipinski definition) is 0. The summed E-state index contributed by atoms with van der Waals surface area (Å²) in [6.45, 7) is 4.57. The molecule has 36 heavy (non-hydrogen) atoms. The van der Waals surface area contributed by atoms with Gasteiger partial charge in [0, 0.05) is 29.9 Å². The minimum absolute atomic E-state index is 1.22. The zero-order chi connectivity index (χ0) is 24.5. The average molecular weight is 509 g/mol. The highest BCUT2D eigenvalue weighted by molar-refractivity contribution is 7.19. The van der Waals surface area contributed by atoms with Crippen molar-refractivity contribution in [2.75, 3.05) is 0 Å². The van der Waals surface area contributed by atoms with E-state index in [4.69, 9.17) is 0 Å². The molecule has 0 saturated heterocycles. The minimum atomic E-state index is 1.22. The van der Waals surface area contributed by atoms with Crippen LogP contribution in [-0.4, -0.2) is 0 Å². The van der Waals surface area contributed by atoms with Gasteiger partial charge in [-0.25, -0.2) is 0 Å².